The number of nitrogen functional groups attached to an aromatic ring is 1. The smallest absolute Gasteiger partial charge is 0.253 e. The van der Waals surface area contributed by atoms with Crippen LogP contribution in [0.2, 0.25) is 0 Å². The van der Waals surface area contributed by atoms with Crippen molar-refractivity contribution < 1.29 is 19.0 Å². The topological polar surface area (TPSA) is 94.8 Å². The molecule has 7 nitrogen and oxygen atoms in total. The first-order valence-corrected chi connectivity index (χ1v) is 7.74. The van der Waals surface area contributed by atoms with E-state index in [0.717, 1.165) is 0 Å². The van der Waals surface area contributed by atoms with Gasteiger partial charge in [-0.05, 0) is 30.3 Å². The molecule has 0 heterocycles. The first kappa shape index (κ1) is 18.4. The number of nitrogens with one attached hydrogen (secondary N) is 2. The van der Waals surface area contributed by atoms with Gasteiger partial charge in [-0.25, -0.2) is 0 Å². The van der Waals surface area contributed by atoms with E-state index in [4.69, 9.17) is 19.9 Å². The summed E-state index contributed by atoms with van der Waals surface area (Å²) in [5.41, 5.74) is 8.05. The van der Waals surface area contributed by atoms with Crippen molar-refractivity contribution in [1.82, 2.24) is 5.32 Å². The summed E-state index contributed by atoms with van der Waals surface area (Å²) in [4.78, 5) is 12.4. The first-order chi connectivity index (χ1) is 12.1. The molecule has 2 rings (SSSR count). The molecule has 0 saturated heterocycles. The molecule has 2 aromatic carbocycles. The summed E-state index contributed by atoms with van der Waals surface area (Å²) < 4.78 is 15.6. The molecule has 4 N–H and O–H groups in total. The Balaban J connectivity index is 2.32. The Bertz CT molecular complexity index is 734. The molecule has 0 atom stereocenters. The van der Waals surface area contributed by atoms with Crippen molar-refractivity contribution in [3.05, 3.63) is 42.0 Å². The second kappa shape index (κ2) is 8.79. The van der Waals surface area contributed by atoms with E-state index >= 15 is 0 Å². The number of hydrogen-bond acceptors (Lipinski definition) is 6. The highest BCUT2D eigenvalue weighted by Gasteiger charge is 2.14. The Morgan fingerprint density at radius 1 is 1.04 bits per heavy atom. The van der Waals surface area contributed by atoms with Gasteiger partial charge in [-0.2, -0.15) is 0 Å². The molecule has 0 radical (unpaired) electrons. The van der Waals surface area contributed by atoms with Crippen LogP contribution in [0.5, 0.6) is 11.5 Å². The van der Waals surface area contributed by atoms with Crippen LogP contribution in [-0.2, 0) is 4.74 Å². The molecular weight excluding hydrogens is 322 g/mol. The maximum Gasteiger partial charge on any atom is 0.253 e. The third-order valence-electron chi connectivity index (χ3n) is 3.56. The third-order valence-corrected chi connectivity index (χ3v) is 3.56. The van der Waals surface area contributed by atoms with E-state index in [9.17, 15) is 4.79 Å². The minimum atomic E-state index is -0.242. The summed E-state index contributed by atoms with van der Waals surface area (Å²) in [6, 6.07) is 10.5. The van der Waals surface area contributed by atoms with Gasteiger partial charge in [0.1, 0.15) is 11.5 Å². The number of anilines is 3. The van der Waals surface area contributed by atoms with Gasteiger partial charge in [0.05, 0.1) is 37.8 Å². The molecule has 0 saturated carbocycles. The SMILES string of the molecule is COCCNC(=O)c1cc(N)ccc1Nc1cc(OC)ccc1OC. The van der Waals surface area contributed by atoms with Crippen LogP contribution in [0.4, 0.5) is 17.1 Å². The Kier molecular flexibility index (Phi) is 6.47. The Labute approximate surface area is 147 Å². The van der Waals surface area contributed by atoms with Crippen LogP contribution in [0, 0.1) is 0 Å². The lowest BCUT2D eigenvalue weighted by molar-refractivity contribution is 0.0938. The molecule has 0 aliphatic rings. The number of methoxy groups -OCH3 is 3. The van der Waals surface area contributed by atoms with Crippen molar-refractivity contribution in [2.75, 3.05) is 45.5 Å². The fourth-order valence-electron chi connectivity index (χ4n) is 2.28. The summed E-state index contributed by atoms with van der Waals surface area (Å²) in [7, 11) is 4.74. The average molecular weight is 345 g/mol. The number of nitrogens with two attached hydrogens (primary N) is 1. The van der Waals surface area contributed by atoms with Gasteiger partial charge in [-0.1, -0.05) is 0 Å². The molecule has 134 valence electrons. The molecular formula is C18H23N3O4. The van der Waals surface area contributed by atoms with E-state index in [0.29, 0.717) is 47.3 Å². The standard InChI is InChI=1S/C18H23N3O4/c1-23-9-8-20-18(22)14-10-12(19)4-6-15(14)21-16-11-13(24-2)5-7-17(16)25-3/h4-7,10-11,21H,8-9,19H2,1-3H3,(H,20,22). The number of rotatable bonds is 8. The molecule has 0 bridgehead atoms. The van der Waals surface area contributed by atoms with Crippen LogP contribution in [0.1, 0.15) is 10.4 Å². The summed E-state index contributed by atoms with van der Waals surface area (Å²) in [6.45, 7) is 0.840. The third kappa shape index (κ3) is 4.77. The van der Waals surface area contributed by atoms with Crippen LogP contribution < -0.4 is 25.8 Å². The number of amides is 1. The molecule has 0 fully saturated rings. The molecule has 0 spiro atoms. The van der Waals surface area contributed by atoms with Gasteiger partial charge in [0.2, 0.25) is 0 Å². The fourth-order valence-corrected chi connectivity index (χ4v) is 2.28. The average Bonchev–Trinajstić information content (AvgIpc) is 2.63. The summed E-state index contributed by atoms with van der Waals surface area (Å²) in [5, 5.41) is 6.00. The number of carbonyl (C=O) groups excluding carboxylic acids is 1. The quantitative estimate of drug-likeness (QED) is 0.502. The van der Waals surface area contributed by atoms with Crippen LogP contribution in [0.3, 0.4) is 0 Å². The highest BCUT2D eigenvalue weighted by Crippen LogP contribution is 2.33. The largest absolute Gasteiger partial charge is 0.497 e. The van der Waals surface area contributed by atoms with Gasteiger partial charge < -0.3 is 30.6 Å². The number of hydrogen-bond donors (Lipinski definition) is 3. The Hall–Kier alpha value is -2.93. The summed E-state index contributed by atoms with van der Waals surface area (Å²) in [5.74, 6) is 1.06. The van der Waals surface area contributed by atoms with Gasteiger partial charge in [0.25, 0.3) is 5.91 Å². The maximum atomic E-state index is 12.4. The van der Waals surface area contributed by atoms with E-state index in [1.54, 1.807) is 57.7 Å². The minimum absolute atomic E-state index is 0.242. The molecule has 25 heavy (non-hydrogen) atoms. The summed E-state index contributed by atoms with van der Waals surface area (Å²) in [6.07, 6.45) is 0. The van der Waals surface area contributed by atoms with Gasteiger partial charge >= 0.3 is 0 Å². The lowest BCUT2D eigenvalue weighted by Gasteiger charge is -2.16. The zero-order valence-electron chi connectivity index (χ0n) is 14.6. The van der Waals surface area contributed by atoms with Crippen molar-refractivity contribution in [1.29, 1.82) is 0 Å². The zero-order valence-corrected chi connectivity index (χ0v) is 14.6. The lowest BCUT2D eigenvalue weighted by Crippen LogP contribution is -2.27. The second-order valence-electron chi connectivity index (χ2n) is 5.24. The first-order valence-electron chi connectivity index (χ1n) is 7.74. The van der Waals surface area contributed by atoms with Crippen molar-refractivity contribution in [2.24, 2.45) is 0 Å². The van der Waals surface area contributed by atoms with E-state index < -0.39 is 0 Å². The van der Waals surface area contributed by atoms with Crippen molar-refractivity contribution in [3.63, 3.8) is 0 Å². The van der Waals surface area contributed by atoms with Crippen molar-refractivity contribution >= 4 is 23.0 Å². The molecule has 2 aromatic rings. The normalized spacial score (nSPS) is 10.2. The van der Waals surface area contributed by atoms with Crippen molar-refractivity contribution in [2.45, 2.75) is 0 Å². The highest BCUT2D eigenvalue weighted by atomic mass is 16.5. The van der Waals surface area contributed by atoms with Crippen LogP contribution in [0.25, 0.3) is 0 Å². The molecule has 0 aromatic heterocycles. The monoisotopic (exact) mass is 345 g/mol. The van der Waals surface area contributed by atoms with Gasteiger partial charge in [0, 0.05) is 25.4 Å². The highest BCUT2D eigenvalue weighted by molar-refractivity contribution is 6.01. The van der Waals surface area contributed by atoms with E-state index in [1.165, 1.54) is 0 Å². The maximum absolute atomic E-state index is 12.4. The summed E-state index contributed by atoms with van der Waals surface area (Å²) >= 11 is 0. The van der Waals surface area contributed by atoms with Crippen LogP contribution in [0.15, 0.2) is 36.4 Å². The number of ether oxygens (including phenoxy) is 3. The van der Waals surface area contributed by atoms with Gasteiger partial charge in [0.15, 0.2) is 0 Å². The fraction of sp³-hybridized carbons (Fsp3) is 0.278. The molecule has 7 heteroatoms. The second-order valence-corrected chi connectivity index (χ2v) is 5.24. The zero-order chi connectivity index (χ0) is 18.2. The predicted octanol–water partition coefficient (Wildman–Crippen LogP) is 2.41. The molecule has 0 aliphatic heterocycles. The minimum Gasteiger partial charge on any atom is -0.497 e. The van der Waals surface area contributed by atoms with Gasteiger partial charge in [-0.3, -0.25) is 4.79 Å². The Morgan fingerprint density at radius 3 is 2.52 bits per heavy atom. The van der Waals surface area contributed by atoms with E-state index in [1.807, 2.05) is 0 Å². The van der Waals surface area contributed by atoms with Crippen LogP contribution >= 0.6 is 0 Å². The molecule has 0 unspecified atom stereocenters. The predicted molar refractivity (Wildman–Crippen MR) is 97.9 cm³/mol. The number of carbonyl (C=O) groups is 1. The molecule has 0 aliphatic carbocycles. The van der Waals surface area contributed by atoms with E-state index in [2.05, 4.69) is 10.6 Å². The van der Waals surface area contributed by atoms with E-state index in [-0.39, 0.29) is 5.91 Å². The van der Waals surface area contributed by atoms with Crippen LogP contribution in [-0.4, -0.2) is 40.4 Å². The van der Waals surface area contributed by atoms with Gasteiger partial charge in [-0.15, -0.1) is 0 Å². The number of benzene rings is 2. The Morgan fingerprint density at radius 2 is 1.84 bits per heavy atom. The lowest BCUT2D eigenvalue weighted by atomic mass is 10.1. The van der Waals surface area contributed by atoms with Crippen molar-refractivity contribution in [3.8, 4) is 11.5 Å². The molecule has 1 amide bonds.